The summed E-state index contributed by atoms with van der Waals surface area (Å²) in [6.07, 6.45) is 4.87. The summed E-state index contributed by atoms with van der Waals surface area (Å²) in [6, 6.07) is 8.07. The fraction of sp³-hybridized carbons (Fsp3) is 0.562. The molecule has 0 aromatic heterocycles. The Morgan fingerprint density at radius 2 is 2.26 bits per heavy atom. The van der Waals surface area contributed by atoms with Crippen LogP contribution in [0.3, 0.4) is 0 Å². The van der Waals surface area contributed by atoms with Gasteiger partial charge in [0.15, 0.2) is 0 Å². The summed E-state index contributed by atoms with van der Waals surface area (Å²) in [4.78, 5) is 12.0. The molecule has 1 aromatic rings. The molecule has 2 aliphatic rings. The lowest BCUT2D eigenvalue weighted by Crippen LogP contribution is -2.33. The third kappa shape index (κ3) is 2.75. The lowest BCUT2D eigenvalue weighted by Gasteiger charge is -2.25. The monoisotopic (exact) mass is 259 g/mol. The van der Waals surface area contributed by atoms with Crippen molar-refractivity contribution in [3.05, 3.63) is 29.8 Å². The first-order valence-corrected chi connectivity index (χ1v) is 7.19. The van der Waals surface area contributed by atoms with Gasteiger partial charge in [0.2, 0.25) is 5.91 Å². The molecule has 0 saturated heterocycles. The second kappa shape index (κ2) is 5.24. The van der Waals surface area contributed by atoms with E-state index in [2.05, 4.69) is 11.4 Å². The zero-order valence-corrected chi connectivity index (χ0v) is 11.4. The molecule has 0 bridgehead atoms. The minimum atomic E-state index is 0.173. The highest BCUT2D eigenvalue weighted by Gasteiger charge is 2.44. The Hall–Kier alpha value is -1.51. The van der Waals surface area contributed by atoms with Crippen molar-refractivity contribution >= 4 is 5.91 Å². The second-order valence-electron chi connectivity index (χ2n) is 5.77. The van der Waals surface area contributed by atoms with Crippen LogP contribution >= 0.6 is 0 Å². The number of hydrogen-bond donors (Lipinski definition) is 1. The molecule has 0 radical (unpaired) electrons. The summed E-state index contributed by atoms with van der Waals surface area (Å²) < 4.78 is 5.23. The largest absolute Gasteiger partial charge is 0.497 e. The molecule has 0 spiro atoms. The minimum absolute atomic E-state index is 0.173. The number of methoxy groups -OCH3 is 1. The van der Waals surface area contributed by atoms with Gasteiger partial charge in [-0.1, -0.05) is 18.6 Å². The van der Waals surface area contributed by atoms with E-state index in [-0.39, 0.29) is 11.8 Å². The Morgan fingerprint density at radius 3 is 2.95 bits per heavy atom. The molecule has 0 aliphatic heterocycles. The summed E-state index contributed by atoms with van der Waals surface area (Å²) in [6.45, 7) is 0.875. The van der Waals surface area contributed by atoms with Gasteiger partial charge in [0.25, 0.3) is 0 Å². The number of nitrogens with one attached hydrogen (secondary N) is 1. The quantitative estimate of drug-likeness (QED) is 0.883. The van der Waals surface area contributed by atoms with Gasteiger partial charge < -0.3 is 10.1 Å². The van der Waals surface area contributed by atoms with Gasteiger partial charge in [0.1, 0.15) is 5.75 Å². The maximum atomic E-state index is 12.0. The normalized spacial score (nSPS) is 25.5. The van der Waals surface area contributed by atoms with Crippen molar-refractivity contribution in [2.75, 3.05) is 13.7 Å². The predicted molar refractivity (Wildman–Crippen MR) is 74.2 cm³/mol. The summed E-state index contributed by atoms with van der Waals surface area (Å²) in [5, 5.41) is 3.10. The molecule has 3 rings (SSSR count). The zero-order valence-electron chi connectivity index (χ0n) is 11.4. The first kappa shape index (κ1) is 12.5. The molecule has 2 fully saturated rings. The van der Waals surface area contributed by atoms with Crippen LogP contribution in [0.2, 0.25) is 0 Å². The Kier molecular flexibility index (Phi) is 3.45. The number of ether oxygens (including phenoxy) is 1. The predicted octanol–water partition coefficient (Wildman–Crippen LogP) is 2.72. The highest BCUT2D eigenvalue weighted by molar-refractivity contribution is 5.82. The van der Waals surface area contributed by atoms with Crippen LogP contribution in [0.25, 0.3) is 0 Å². The van der Waals surface area contributed by atoms with Crippen molar-refractivity contribution in [1.29, 1.82) is 0 Å². The van der Waals surface area contributed by atoms with Gasteiger partial charge in [-0.25, -0.2) is 0 Å². The minimum Gasteiger partial charge on any atom is -0.497 e. The molecule has 1 amide bonds. The van der Waals surface area contributed by atoms with E-state index in [1.165, 1.54) is 24.8 Å². The molecular weight excluding hydrogens is 238 g/mol. The molecule has 0 unspecified atom stereocenters. The van der Waals surface area contributed by atoms with Crippen molar-refractivity contribution < 1.29 is 9.53 Å². The van der Waals surface area contributed by atoms with Crippen LogP contribution in [-0.4, -0.2) is 19.6 Å². The maximum Gasteiger partial charge on any atom is 0.223 e. The number of carbonyl (C=O) groups excluding carboxylic acids is 1. The van der Waals surface area contributed by atoms with Gasteiger partial charge in [-0.05, 0) is 48.8 Å². The third-order valence-corrected chi connectivity index (χ3v) is 4.44. The van der Waals surface area contributed by atoms with Crippen LogP contribution in [-0.2, 0) is 4.79 Å². The average molecular weight is 259 g/mol. The van der Waals surface area contributed by atoms with Gasteiger partial charge in [-0.3, -0.25) is 4.79 Å². The van der Waals surface area contributed by atoms with E-state index >= 15 is 0 Å². The first-order valence-electron chi connectivity index (χ1n) is 7.19. The Morgan fingerprint density at radius 1 is 1.42 bits per heavy atom. The number of hydrogen-bond acceptors (Lipinski definition) is 2. The molecule has 0 heterocycles. The fourth-order valence-corrected chi connectivity index (χ4v) is 2.80. The van der Waals surface area contributed by atoms with E-state index in [1.807, 2.05) is 18.2 Å². The lowest BCUT2D eigenvalue weighted by molar-refractivity contribution is -0.122. The van der Waals surface area contributed by atoms with E-state index in [0.717, 1.165) is 24.6 Å². The van der Waals surface area contributed by atoms with Crippen LogP contribution in [0.4, 0.5) is 0 Å². The van der Waals surface area contributed by atoms with Crippen molar-refractivity contribution in [2.45, 2.75) is 31.6 Å². The Balaban J connectivity index is 1.52. The summed E-state index contributed by atoms with van der Waals surface area (Å²) >= 11 is 0. The molecule has 1 aromatic carbocycles. The number of rotatable bonds is 5. The van der Waals surface area contributed by atoms with Gasteiger partial charge >= 0.3 is 0 Å². The van der Waals surface area contributed by atoms with Crippen molar-refractivity contribution in [3.63, 3.8) is 0 Å². The van der Waals surface area contributed by atoms with Crippen LogP contribution < -0.4 is 10.1 Å². The topological polar surface area (TPSA) is 38.3 Å². The van der Waals surface area contributed by atoms with E-state index in [0.29, 0.717) is 5.92 Å². The van der Waals surface area contributed by atoms with E-state index in [9.17, 15) is 4.79 Å². The fourth-order valence-electron chi connectivity index (χ4n) is 2.80. The molecule has 3 heteroatoms. The molecule has 1 N–H and O–H groups in total. The Labute approximate surface area is 114 Å². The molecule has 2 saturated carbocycles. The smallest absolute Gasteiger partial charge is 0.223 e. The van der Waals surface area contributed by atoms with E-state index < -0.39 is 0 Å². The van der Waals surface area contributed by atoms with Crippen LogP contribution in [0, 0.1) is 11.8 Å². The van der Waals surface area contributed by atoms with Crippen LogP contribution in [0.1, 0.15) is 37.2 Å². The van der Waals surface area contributed by atoms with Crippen LogP contribution in [0.5, 0.6) is 5.75 Å². The zero-order chi connectivity index (χ0) is 13.2. The van der Waals surface area contributed by atoms with E-state index in [4.69, 9.17) is 4.74 Å². The van der Waals surface area contributed by atoms with Gasteiger partial charge in [-0.2, -0.15) is 0 Å². The van der Waals surface area contributed by atoms with Crippen molar-refractivity contribution in [3.8, 4) is 5.75 Å². The highest BCUT2D eigenvalue weighted by atomic mass is 16.5. The summed E-state index contributed by atoms with van der Waals surface area (Å²) in [7, 11) is 1.68. The first-order chi connectivity index (χ1) is 9.28. The molecule has 2 atom stereocenters. The van der Waals surface area contributed by atoms with Gasteiger partial charge in [-0.15, -0.1) is 0 Å². The summed E-state index contributed by atoms with van der Waals surface area (Å²) in [5.41, 5.74) is 1.23. The maximum absolute atomic E-state index is 12.0. The number of benzene rings is 1. The third-order valence-electron chi connectivity index (χ3n) is 4.44. The molecule has 102 valence electrons. The Bertz CT molecular complexity index is 468. The second-order valence-corrected chi connectivity index (χ2v) is 5.77. The molecular formula is C16H21NO2. The van der Waals surface area contributed by atoms with Crippen LogP contribution in [0.15, 0.2) is 24.3 Å². The summed E-state index contributed by atoms with van der Waals surface area (Å²) in [5.74, 6) is 2.40. The van der Waals surface area contributed by atoms with E-state index in [1.54, 1.807) is 7.11 Å². The number of carbonyl (C=O) groups is 1. The van der Waals surface area contributed by atoms with Gasteiger partial charge in [0.05, 0.1) is 7.11 Å². The molecule has 2 aliphatic carbocycles. The van der Waals surface area contributed by atoms with Crippen molar-refractivity contribution in [2.24, 2.45) is 11.8 Å². The lowest BCUT2D eigenvalue weighted by atomic mass is 9.85. The molecule has 3 nitrogen and oxygen atoms in total. The van der Waals surface area contributed by atoms with Crippen molar-refractivity contribution in [1.82, 2.24) is 5.32 Å². The van der Waals surface area contributed by atoms with Gasteiger partial charge in [0, 0.05) is 12.5 Å². The number of amides is 1. The molecule has 19 heavy (non-hydrogen) atoms. The average Bonchev–Trinajstić information content (AvgIpc) is 3.17. The SMILES string of the molecule is COc1cccc([C@@H]2C[C@@H]2C(=O)NCC2CCC2)c1. The highest BCUT2D eigenvalue weighted by Crippen LogP contribution is 2.48. The standard InChI is InChI=1S/C16H21NO2/c1-19-13-7-3-6-12(8-13)14-9-15(14)16(18)17-10-11-4-2-5-11/h3,6-8,11,14-15H,2,4-5,9-10H2,1H3,(H,17,18)/t14-,15-/m0/s1.